The van der Waals surface area contributed by atoms with Crippen LogP contribution in [0.5, 0.6) is 5.75 Å². The van der Waals surface area contributed by atoms with Gasteiger partial charge in [0.25, 0.3) is 0 Å². The Kier molecular flexibility index (Phi) is 4.53. The minimum atomic E-state index is -0.636. The number of rotatable bonds is 3. The standard InChI is InChI=1S/C14H19NO2/c1-14(2,3)8-5-6-12(16)11-7-9-15-10-13(11)17-4/h7,9-10,12,16H,6H2,1-4H3. The predicted octanol–water partition coefficient (Wildman–Crippen LogP) is 2.56. The van der Waals surface area contributed by atoms with Gasteiger partial charge >= 0.3 is 0 Å². The van der Waals surface area contributed by atoms with Crippen molar-refractivity contribution >= 4 is 0 Å². The molecule has 0 saturated heterocycles. The molecular weight excluding hydrogens is 214 g/mol. The third-order valence-corrected chi connectivity index (χ3v) is 2.15. The topological polar surface area (TPSA) is 42.4 Å². The number of methoxy groups -OCH3 is 1. The molecule has 0 amide bonds. The fourth-order valence-corrected chi connectivity index (χ4v) is 1.36. The SMILES string of the molecule is COc1cnccc1C(O)CC#CC(C)(C)C. The van der Waals surface area contributed by atoms with E-state index in [1.165, 1.54) is 0 Å². The number of hydrogen-bond donors (Lipinski definition) is 1. The lowest BCUT2D eigenvalue weighted by molar-refractivity contribution is 0.179. The van der Waals surface area contributed by atoms with Crippen molar-refractivity contribution in [2.24, 2.45) is 5.41 Å². The maximum absolute atomic E-state index is 10.0. The van der Waals surface area contributed by atoms with Gasteiger partial charge in [-0.2, -0.15) is 0 Å². The van der Waals surface area contributed by atoms with Crippen LogP contribution in [0.1, 0.15) is 38.9 Å². The lowest BCUT2D eigenvalue weighted by Gasteiger charge is -2.12. The average molecular weight is 233 g/mol. The van der Waals surface area contributed by atoms with Gasteiger partial charge in [0.1, 0.15) is 5.75 Å². The first-order valence-electron chi connectivity index (χ1n) is 5.60. The number of nitrogens with zero attached hydrogens (tertiary/aromatic N) is 1. The van der Waals surface area contributed by atoms with Crippen LogP contribution in [0, 0.1) is 17.3 Å². The second-order valence-corrected chi connectivity index (χ2v) is 4.89. The fourth-order valence-electron chi connectivity index (χ4n) is 1.36. The average Bonchev–Trinajstić information content (AvgIpc) is 2.27. The van der Waals surface area contributed by atoms with Crippen LogP contribution < -0.4 is 4.74 Å². The molecule has 3 nitrogen and oxygen atoms in total. The van der Waals surface area contributed by atoms with Gasteiger partial charge in [-0.1, -0.05) is 11.8 Å². The Morgan fingerprint density at radius 1 is 1.47 bits per heavy atom. The predicted molar refractivity (Wildman–Crippen MR) is 67.6 cm³/mol. The normalized spacial score (nSPS) is 12.5. The van der Waals surface area contributed by atoms with Crippen molar-refractivity contribution in [1.82, 2.24) is 4.98 Å². The summed E-state index contributed by atoms with van der Waals surface area (Å²) < 4.78 is 5.14. The van der Waals surface area contributed by atoms with Crippen LogP contribution in [0.3, 0.4) is 0 Å². The molecule has 0 spiro atoms. The summed E-state index contributed by atoms with van der Waals surface area (Å²) in [6.07, 6.45) is 2.99. The molecule has 1 N–H and O–H groups in total. The summed E-state index contributed by atoms with van der Waals surface area (Å²) in [6, 6.07) is 1.75. The van der Waals surface area contributed by atoms with Crippen molar-refractivity contribution in [2.75, 3.05) is 7.11 Å². The highest BCUT2D eigenvalue weighted by Gasteiger charge is 2.12. The molecule has 0 saturated carbocycles. The second kappa shape index (κ2) is 5.70. The van der Waals surface area contributed by atoms with Crippen LogP contribution in [0.2, 0.25) is 0 Å². The first-order valence-corrected chi connectivity index (χ1v) is 5.60. The number of hydrogen-bond acceptors (Lipinski definition) is 3. The molecule has 1 rings (SSSR count). The van der Waals surface area contributed by atoms with E-state index in [2.05, 4.69) is 16.8 Å². The molecule has 92 valence electrons. The Labute approximate surface area is 103 Å². The third kappa shape index (κ3) is 4.46. The van der Waals surface area contributed by atoms with E-state index in [4.69, 9.17) is 4.74 Å². The molecule has 1 atom stereocenters. The lowest BCUT2D eigenvalue weighted by atomic mass is 9.97. The number of aliphatic hydroxyl groups is 1. The van der Waals surface area contributed by atoms with Crippen molar-refractivity contribution in [3.63, 3.8) is 0 Å². The molecule has 3 heteroatoms. The zero-order chi connectivity index (χ0) is 12.9. The zero-order valence-electron chi connectivity index (χ0n) is 10.8. The molecule has 1 heterocycles. The van der Waals surface area contributed by atoms with Gasteiger partial charge in [0.2, 0.25) is 0 Å². The Balaban J connectivity index is 2.75. The summed E-state index contributed by atoms with van der Waals surface area (Å²) in [6.45, 7) is 6.12. The summed E-state index contributed by atoms with van der Waals surface area (Å²) in [4.78, 5) is 3.95. The van der Waals surface area contributed by atoms with Crippen molar-refractivity contribution in [3.05, 3.63) is 24.0 Å². The summed E-state index contributed by atoms with van der Waals surface area (Å²) >= 11 is 0. The van der Waals surface area contributed by atoms with Gasteiger partial charge in [0.05, 0.1) is 19.4 Å². The van der Waals surface area contributed by atoms with Crippen LogP contribution in [0.25, 0.3) is 0 Å². The van der Waals surface area contributed by atoms with Gasteiger partial charge in [-0.15, -0.1) is 0 Å². The van der Waals surface area contributed by atoms with Crippen LogP contribution in [-0.4, -0.2) is 17.2 Å². The highest BCUT2D eigenvalue weighted by Crippen LogP contribution is 2.25. The molecule has 0 aliphatic heterocycles. The van der Waals surface area contributed by atoms with E-state index in [-0.39, 0.29) is 5.41 Å². The van der Waals surface area contributed by atoms with E-state index in [0.29, 0.717) is 12.2 Å². The molecule has 0 bridgehead atoms. The van der Waals surface area contributed by atoms with Crippen LogP contribution in [0.4, 0.5) is 0 Å². The highest BCUT2D eigenvalue weighted by atomic mass is 16.5. The molecule has 0 aliphatic rings. The minimum absolute atomic E-state index is 0.0396. The van der Waals surface area contributed by atoms with Gasteiger partial charge < -0.3 is 9.84 Å². The molecule has 1 unspecified atom stereocenters. The first kappa shape index (κ1) is 13.5. The highest BCUT2D eigenvalue weighted by molar-refractivity contribution is 5.32. The van der Waals surface area contributed by atoms with Gasteiger partial charge in [0.15, 0.2) is 0 Å². The number of aliphatic hydroxyl groups excluding tert-OH is 1. The largest absolute Gasteiger partial charge is 0.495 e. The summed E-state index contributed by atoms with van der Waals surface area (Å²) in [5.41, 5.74) is 0.688. The van der Waals surface area contributed by atoms with Crippen molar-refractivity contribution in [3.8, 4) is 17.6 Å². The van der Waals surface area contributed by atoms with Crippen LogP contribution >= 0.6 is 0 Å². The monoisotopic (exact) mass is 233 g/mol. The third-order valence-electron chi connectivity index (χ3n) is 2.15. The number of pyridine rings is 1. The Morgan fingerprint density at radius 2 is 2.18 bits per heavy atom. The Bertz CT molecular complexity index is 424. The maximum Gasteiger partial charge on any atom is 0.142 e. The molecule has 1 aromatic heterocycles. The van der Waals surface area contributed by atoms with E-state index in [1.54, 1.807) is 25.6 Å². The molecule has 17 heavy (non-hydrogen) atoms. The summed E-state index contributed by atoms with van der Waals surface area (Å²) in [7, 11) is 1.56. The van der Waals surface area contributed by atoms with Crippen LogP contribution in [-0.2, 0) is 0 Å². The molecule has 0 aliphatic carbocycles. The van der Waals surface area contributed by atoms with E-state index in [1.807, 2.05) is 20.8 Å². The first-order chi connectivity index (χ1) is 7.94. The van der Waals surface area contributed by atoms with Gasteiger partial charge in [-0.25, -0.2) is 0 Å². The fraction of sp³-hybridized carbons (Fsp3) is 0.500. The van der Waals surface area contributed by atoms with Crippen molar-refractivity contribution in [1.29, 1.82) is 0 Å². The van der Waals surface area contributed by atoms with Crippen molar-refractivity contribution in [2.45, 2.75) is 33.3 Å². The van der Waals surface area contributed by atoms with E-state index in [9.17, 15) is 5.11 Å². The second-order valence-electron chi connectivity index (χ2n) is 4.89. The summed E-state index contributed by atoms with van der Waals surface area (Å²) in [5.74, 6) is 6.69. The van der Waals surface area contributed by atoms with Gasteiger partial charge in [-0.05, 0) is 26.8 Å². The smallest absolute Gasteiger partial charge is 0.142 e. The van der Waals surface area contributed by atoms with Crippen molar-refractivity contribution < 1.29 is 9.84 Å². The van der Waals surface area contributed by atoms with Crippen LogP contribution in [0.15, 0.2) is 18.5 Å². The minimum Gasteiger partial charge on any atom is -0.495 e. The lowest BCUT2D eigenvalue weighted by Crippen LogP contribution is -2.02. The molecule has 0 radical (unpaired) electrons. The van der Waals surface area contributed by atoms with Gasteiger partial charge in [-0.3, -0.25) is 4.98 Å². The Morgan fingerprint density at radius 3 is 2.76 bits per heavy atom. The maximum atomic E-state index is 10.0. The summed E-state index contributed by atoms with van der Waals surface area (Å²) in [5, 5.41) is 10.0. The van der Waals surface area contributed by atoms with Gasteiger partial charge in [0, 0.05) is 23.6 Å². The van der Waals surface area contributed by atoms with E-state index < -0.39 is 6.10 Å². The molecular formula is C14H19NO2. The van der Waals surface area contributed by atoms with E-state index in [0.717, 1.165) is 5.56 Å². The quantitative estimate of drug-likeness (QED) is 0.816. The molecule has 0 aromatic carbocycles. The zero-order valence-corrected chi connectivity index (χ0v) is 10.8. The number of aromatic nitrogens is 1. The Hall–Kier alpha value is -1.53. The number of ether oxygens (including phenoxy) is 1. The molecule has 1 aromatic rings. The van der Waals surface area contributed by atoms with E-state index >= 15 is 0 Å². The molecule has 0 fully saturated rings.